The number of rotatable bonds is 5. The van der Waals surface area contributed by atoms with E-state index in [1.54, 1.807) is 0 Å². The van der Waals surface area contributed by atoms with Crippen molar-refractivity contribution in [3.8, 4) is 0 Å². The quantitative estimate of drug-likeness (QED) is 0.460. The van der Waals surface area contributed by atoms with Crippen molar-refractivity contribution in [1.82, 2.24) is 10.2 Å². The highest BCUT2D eigenvalue weighted by molar-refractivity contribution is 5.31. The minimum Gasteiger partial charge on any atom is -0.282 e. The molecule has 0 unspecified atom stereocenters. The lowest BCUT2D eigenvalue weighted by atomic mass is 10.0. The predicted octanol–water partition coefficient (Wildman–Crippen LogP) is 3.30. The van der Waals surface area contributed by atoms with Gasteiger partial charge in [0.2, 0.25) is 0 Å². The van der Waals surface area contributed by atoms with Gasteiger partial charge in [-0.05, 0) is 30.7 Å². The van der Waals surface area contributed by atoms with Gasteiger partial charge in [-0.1, -0.05) is 19.0 Å². The van der Waals surface area contributed by atoms with Crippen LogP contribution in [0, 0.1) is 5.92 Å². The Morgan fingerprint density at radius 2 is 2.31 bits per heavy atom. The molecule has 1 heterocycles. The number of aromatic amines is 1. The van der Waals surface area contributed by atoms with Gasteiger partial charge in [-0.25, -0.2) is 0 Å². The summed E-state index contributed by atoms with van der Waals surface area (Å²) in [5.74, 6) is 1.18. The Kier molecular flexibility index (Phi) is 3.15. The van der Waals surface area contributed by atoms with E-state index in [9.17, 15) is 0 Å². The van der Waals surface area contributed by atoms with Crippen molar-refractivity contribution in [2.24, 2.45) is 11.0 Å². The van der Waals surface area contributed by atoms with E-state index in [0.717, 1.165) is 23.4 Å². The third kappa shape index (κ3) is 2.36. The van der Waals surface area contributed by atoms with Crippen LogP contribution in [0.2, 0.25) is 0 Å². The van der Waals surface area contributed by atoms with E-state index in [0.29, 0.717) is 18.4 Å². The SMILES string of the molecule is CC(C)Cc1[nH]nc(C2CC2)c1CN=[N+]=[N-]. The van der Waals surface area contributed by atoms with Crippen LogP contribution in [-0.2, 0) is 13.0 Å². The van der Waals surface area contributed by atoms with E-state index in [2.05, 4.69) is 34.1 Å². The second kappa shape index (κ2) is 4.58. The van der Waals surface area contributed by atoms with Crippen LogP contribution in [0.4, 0.5) is 0 Å². The molecule has 0 atom stereocenters. The molecule has 0 spiro atoms. The molecule has 1 fully saturated rings. The van der Waals surface area contributed by atoms with Crippen molar-refractivity contribution >= 4 is 0 Å². The van der Waals surface area contributed by atoms with Gasteiger partial charge in [-0.2, -0.15) is 5.10 Å². The molecule has 0 radical (unpaired) electrons. The number of H-pyrrole nitrogens is 1. The van der Waals surface area contributed by atoms with E-state index in [4.69, 9.17) is 5.53 Å². The summed E-state index contributed by atoms with van der Waals surface area (Å²) in [6.45, 7) is 4.78. The van der Waals surface area contributed by atoms with Gasteiger partial charge in [0.1, 0.15) is 0 Å². The van der Waals surface area contributed by atoms with Gasteiger partial charge in [0.05, 0.1) is 12.2 Å². The highest BCUT2D eigenvalue weighted by Gasteiger charge is 2.29. The van der Waals surface area contributed by atoms with Crippen LogP contribution in [0.1, 0.15) is 49.6 Å². The number of nitrogens with one attached hydrogen (secondary N) is 1. The number of nitrogens with zero attached hydrogens (tertiary/aromatic N) is 4. The molecule has 5 heteroatoms. The molecular weight excluding hydrogens is 202 g/mol. The van der Waals surface area contributed by atoms with Crippen LogP contribution < -0.4 is 0 Å². The topological polar surface area (TPSA) is 77.4 Å². The Morgan fingerprint density at radius 3 is 2.88 bits per heavy atom. The van der Waals surface area contributed by atoms with E-state index in [1.165, 1.54) is 12.8 Å². The molecule has 1 saturated carbocycles. The van der Waals surface area contributed by atoms with Gasteiger partial charge in [-0.15, -0.1) is 0 Å². The lowest BCUT2D eigenvalue weighted by Crippen LogP contribution is -1.98. The average molecular weight is 219 g/mol. The fraction of sp³-hybridized carbons (Fsp3) is 0.727. The Labute approximate surface area is 94.9 Å². The molecule has 2 rings (SSSR count). The molecule has 0 aromatic carbocycles. The van der Waals surface area contributed by atoms with Gasteiger partial charge < -0.3 is 0 Å². The maximum absolute atomic E-state index is 8.41. The van der Waals surface area contributed by atoms with E-state index in [1.807, 2.05) is 0 Å². The molecule has 1 aliphatic carbocycles. The first-order valence-electron chi connectivity index (χ1n) is 5.79. The summed E-state index contributed by atoms with van der Waals surface area (Å²) in [5, 5.41) is 11.2. The molecule has 1 aromatic heterocycles. The molecule has 0 bridgehead atoms. The van der Waals surface area contributed by atoms with Gasteiger partial charge in [0.15, 0.2) is 0 Å². The summed E-state index contributed by atoms with van der Waals surface area (Å²) in [7, 11) is 0. The molecule has 86 valence electrons. The Balaban J connectivity index is 2.24. The van der Waals surface area contributed by atoms with Crippen LogP contribution >= 0.6 is 0 Å². The van der Waals surface area contributed by atoms with Crippen molar-refractivity contribution in [2.75, 3.05) is 0 Å². The van der Waals surface area contributed by atoms with Crippen molar-refractivity contribution in [3.63, 3.8) is 0 Å². The van der Waals surface area contributed by atoms with E-state index in [-0.39, 0.29) is 0 Å². The summed E-state index contributed by atoms with van der Waals surface area (Å²) in [6, 6.07) is 0. The molecular formula is C11H17N5. The van der Waals surface area contributed by atoms with Gasteiger partial charge in [0, 0.05) is 22.1 Å². The minimum absolute atomic E-state index is 0.431. The lowest BCUT2D eigenvalue weighted by molar-refractivity contribution is 0.629. The number of azide groups is 1. The molecule has 1 N–H and O–H groups in total. The summed E-state index contributed by atoms with van der Waals surface area (Å²) < 4.78 is 0. The highest BCUT2D eigenvalue weighted by atomic mass is 15.2. The molecule has 1 aromatic rings. The van der Waals surface area contributed by atoms with Crippen molar-refractivity contribution < 1.29 is 0 Å². The number of aromatic nitrogens is 2. The first kappa shape index (κ1) is 11.0. The van der Waals surface area contributed by atoms with Crippen molar-refractivity contribution in [1.29, 1.82) is 0 Å². The Bertz CT molecular complexity index is 410. The summed E-state index contributed by atoms with van der Waals surface area (Å²) in [5.41, 5.74) is 11.8. The zero-order chi connectivity index (χ0) is 11.5. The second-order valence-corrected chi connectivity index (χ2v) is 4.83. The molecule has 0 amide bonds. The Hall–Kier alpha value is -1.48. The van der Waals surface area contributed by atoms with Crippen LogP contribution in [0.5, 0.6) is 0 Å². The molecule has 16 heavy (non-hydrogen) atoms. The van der Waals surface area contributed by atoms with E-state index >= 15 is 0 Å². The molecule has 5 nitrogen and oxygen atoms in total. The standard InChI is InChI=1S/C11H17N5/c1-7(2)5-10-9(6-13-16-12)11(15-14-10)8-3-4-8/h7-8H,3-6H2,1-2H3,(H,14,15). The predicted molar refractivity (Wildman–Crippen MR) is 62.0 cm³/mol. The molecule has 1 aliphatic rings. The maximum Gasteiger partial charge on any atom is 0.0689 e. The minimum atomic E-state index is 0.431. The van der Waals surface area contributed by atoms with Gasteiger partial charge in [0.25, 0.3) is 0 Å². The van der Waals surface area contributed by atoms with Gasteiger partial charge in [-0.3, -0.25) is 5.10 Å². The van der Waals surface area contributed by atoms with Crippen molar-refractivity contribution in [3.05, 3.63) is 27.4 Å². The maximum atomic E-state index is 8.41. The van der Waals surface area contributed by atoms with Crippen LogP contribution in [-0.4, -0.2) is 10.2 Å². The Morgan fingerprint density at radius 1 is 1.56 bits per heavy atom. The van der Waals surface area contributed by atoms with Crippen LogP contribution in [0.15, 0.2) is 5.11 Å². The zero-order valence-electron chi connectivity index (χ0n) is 9.77. The number of hydrogen-bond acceptors (Lipinski definition) is 2. The van der Waals surface area contributed by atoms with E-state index < -0.39 is 0 Å². The summed E-state index contributed by atoms with van der Waals surface area (Å²) in [6.07, 6.45) is 3.40. The second-order valence-electron chi connectivity index (χ2n) is 4.83. The smallest absolute Gasteiger partial charge is 0.0689 e. The largest absolute Gasteiger partial charge is 0.282 e. The molecule has 0 saturated heterocycles. The monoisotopic (exact) mass is 219 g/mol. The lowest BCUT2D eigenvalue weighted by Gasteiger charge is -2.04. The molecule has 0 aliphatic heterocycles. The summed E-state index contributed by atoms with van der Waals surface area (Å²) >= 11 is 0. The summed E-state index contributed by atoms with van der Waals surface area (Å²) in [4.78, 5) is 2.84. The third-order valence-electron chi connectivity index (χ3n) is 2.85. The van der Waals surface area contributed by atoms with Crippen LogP contribution in [0.3, 0.4) is 0 Å². The number of hydrogen-bond donors (Lipinski definition) is 1. The van der Waals surface area contributed by atoms with Gasteiger partial charge >= 0.3 is 0 Å². The van der Waals surface area contributed by atoms with Crippen molar-refractivity contribution in [2.45, 2.75) is 45.6 Å². The fourth-order valence-corrected chi connectivity index (χ4v) is 1.97. The normalized spacial score (nSPS) is 15.2. The first-order valence-corrected chi connectivity index (χ1v) is 5.79. The third-order valence-corrected chi connectivity index (χ3v) is 2.85. The fourth-order valence-electron chi connectivity index (χ4n) is 1.97. The average Bonchev–Trinajstić information content (AvgIpc) is 2.99. The first-order chi connectivity index (χ1) is 7.72. The van der Waals surface area contributed by atoms with Crippen LogP contribution in [0.25, 0.3) is 10.4 Å². The zero-order valence-corrected chi connectivity index (χ0v) is 9.77. The highest BCUT2D eigenvalue weighted by Crippen LogP contribution is 2.41.